The van der Waals surface area contributed by atoms with E-state index in [2.05, 4.69) is 21.6 Å². The minimum Gasteiger partial charge on any atom is -0.467 e. The zero-order valence-electron chi connectivity index (χ0n) is 16.2. The number of furan rings is 1. The minimum absolute atomic E-state index is 0.0271. The number of likely N-dealkylation sites (tertiary alicyclic amines) is 1. The lowest BCUT2D eigenvalue weighted by molar-refractivity contribution is -0.126. The first-order valence-corrected chi connectivity index (χ1v) is 10.9. The smallest absolute Gasteiger partial charge is 0.237 e. The second-order valence-electron chi connectivity index (χ2n) is 7.46. The van der Waals surface area contributed by atoms with E-state index in [1.54, 1.807) is 12.3 Å². The van der Waals surface area contributed by atoms with E-state index in [0.717, 1.165) is 50.0 Å². The normalized spacial score (nSPS) is 18.4. The highest BCUT2D eigenvalue weighted by Gasteiger charge is 2.31. The average molecular weight is 413 g/mol. The number of nitrogens with zero attached hydrogens (tertiary/aromatic N) is 2. The summed E-state index contributed by atoms with van der Waals surface area (Å²) in [5.41, 5.74) is 1.74. The van der Waals surface area contributed by atoms with Crippen molar-refractivity contribution < 1.29 is 14.0 Å². The van der Waals surface area contributed by atoms with Crippen LogP contribution in [0.25, 0.3) is 0 Å². The van der Waals surface area contributed by atoms with Crippen LogP contribution >= 0.6 is 11.3 Å². The quantitative estimate of drug-likeness (QED) is 0.729. The summed E-state index contributed by atoms with van der Waals surface area (Å²) in [5, 5.41) is 16.0. The van der Waals surface area contributed by atoms with Gasteiger partial charge in [0.25, 0.3) is 0 Å². The number of anilines is 1. The number of amides is 2. The van der Waals surface area contributed by atoms with Gasteiger partial charge in [0.15, 0.2) is 0 Å². The van der Waals surface area contributed by atoms with E-state index in [0.29, 0.717) is 30.1 Å². The highest BCUT2D eigenvalue weighted by molar-refractivity contribution is 7.16. The SMILES string of the molecule is N#Cc1c(NC(=O)CCN2CCCC2C(=O)NCc2ccco2)sc2c1CCC2. The summed E-state index contributed by atoms with van der Waals surface area (Å²) in [6, 6.07) is 5.66. The van der Waals surface area contributed by atoms with Crippen LogP contribution in [0.5, 0.6) is 0 Å². The molecule has 1 atom stereocenters. The summed E-state index contributed by atoms with van der Waals surface area (Å²) in [6.07, 6.45) is 6.62. The Labute approximate surface area is 173 Å². The van der Waals surface area contributed by atoms with Crippen molar-refractivity contribution in [1.29, 1.82) is 5.26 Å². The maximum atomic E-state index is 12.5. The molecule has 1 saturated heterocycles. The molecule has 152 valence electrons. The highest BCUT2D eigenvalue weighted by atomic mass is 32.1. The fourth-order valence-corrected chi connectivity index (χ4v) is 5.40. The number of thiophene rings is 1. The zero-order chi connectivity index (χ0) is 20.2. The summed E-state index contributed by atoms with van der Waals surface area (Å²) in [6.45, 7) is 1.71. The molecule has 1 unspecified atom stereocenters. The van der Waals surface area contributed by atoms with Crippen LogP contribution in [0.3, 0.4) is 0 Å². The molecule has 1 aliphatic carbocycles. The van der Waals surface area contributed by atoms with E-state index in [-0.39, 0.29) is 17.9 Å². The molecule has 2 aliphatic rings. The first-order chi connectivity index (χ1) is 14.2. The maximum Gasteiger partial charge on any atom is 0.237 e. The lowest BCUT2D eigenvalue weighted by atomic mass is 10.1. The van der Waals surface area contributed by atoms with Crippen LogP contribution < -0.4 is 10.6 Å². The molecule has 0 spiro atoms. The number of nitriles is 1. The zero-order valence-corrected chi connectivity index (χ0v) is 17.0. The van der Waals surface area contributed by atoms with Crippen LogP contribution in [0, 0.1) is 11.3 Å². The van der Waals surface area contributed by atoms with Gasteiger partial charge in [-0.25, -0.2) is 0 Å². The number of rotatable bonds is 7. The summed E-state index contributed by atoms with van der Waals surface area (Å²) in [5.74, 6) is 0.585. The minimum atomic E-state index is -0.210. The molecule has 2 amide bonds. The Balaban J connectivity index is 1.28. The Morgan fingerprint density at radius 2 is 2.24 bits per heavy atom. The fourth-order valence-electron chi connectivity index (χ4n) is 4.14. The summed E-state index contributed by atoms with van der Waals surface area (Å²) < 4.78 is 5.25. The van der Waals surface area contributed by atoms with Gasteiger partial charge in [-0.1, -0.05) is 0 Å². The van der Waals surface area contributed by atoms with Crippen LogP contribution in [-0.4, -0.2) is 35.8 Å². The third kappa shape index (κ3) is 4.36. The van der Waals surface area contributed by atoms with Crippen molar-refractivity contribution >= 4 is 28.2 Å². The van der Waals surface area contributed by atoms with Crippen molar-refractivity contribution in [3.8, 4) is 6.07 Å². The molecule has 29 heavy (non-hydrogen) atoms. The molecule has 0 radical (unpaired) electrons. The van der Waals surface area contributed by atoms with Crippen molar-refractivity contribution in [2.24, 2.45) is 0 Å². The molecule has 3 heterocycles. The van der Waals surface area contributed by atoms with Gasteiger partial charge < -0.3 is 15.1 Å². The second kappa shape index (κ2) is 8.80. The highest BCUT2D eigenvalue weighted by Crippen LogP contribution is 2.38. The number of hydrogen-bond acceptors (Lipinski definition) is 6. The van der Waals surface area contributed by atoms with Crippen LogP contribution in [-0.2, 0) is 29.0 Å². The summed E-state index contributed by atoms with van der Waals surface area (Å²) in [4.78, 5) is 28.3. The maximum absolute atomic E-state index is 12.5. The molecule has 1 aliphatic heterocycles. The Morgan fingerprint density at radius 3 is 3.03 bits per heavy atom. The molecule has 1 fully saturated rings. The molecule has 0 saturated carbocycles. The molecule has 2 aromatic rings. The van der Waals surface area contributed by atoms with Gasteiger partial charge in [-0.05, 0) is 56.3 Å². The van der Waals surface area contributed by atoms with Crippen molar-refractivity contribution in [3.63, 3.8) is 0 Å². The number of carbonyl (C=O) groups excluding carboxylic acids is 2. The van der Waals surface area contributed by atoms with Gasteiger partial charge in [0.2, 0.25) is 11.8 Å². The van der Waals surface area contributed by atoms with Crippen LogP contribution in [0.1, 0.15) is 47.4 Å². The topological polar surface area (TPSA) is 98.4 Å². The number of fused-ring (bicyclic) bond motifs is 1. The standard InChI is InChI=1S/C21H24N4O3S/c22-12-16-15-5-1-7-18(15)29-21(16)24-19(26)8-10-25-9-2-6-17(25)20(27)23-13-14-4-3-11-28-14/h3-4,11,17H,1-2,5-10,13H2,(H,23,27)(H,24,26). The van der Waals surface area contributed by atoms with E-state index in [1.807, 2.05) is 6.07 Å². The number of aryl methyl sites for hydroxylation is 1. The molecule has 0 aromatic carbocycles. The molecular weight excluding hydrogens is 388 g/mol. The predicted octanol–water partition coefficient (Wildman–Crippen LogP) is 2.81. The van der Waals surface area contributed by atoms with Gasteiger partial charge >= 0.3 is 0 Å². The number of nitrogens with one attached hydrogen (secondary N) is 2. The van der Waals surface area contributed by atoms with Gasteiger partial charge in [0.1, 0.15) is 16.8 Å². The lowest BCUT2D eigenvalue weighted by Gasteiger charge is -2.23. The first kappa shape index (κ1) is 19.7. The van der Waals surface area contributed by atoms with E-state index >= 15 is 0 Å². The van der Waals surface area contributed by atoms with Gasteiger partial charge in [0.05, 0.1) is 24.4 Å². The first-order valence-electron chi connectivity index (χ1n) is 10.0. The van der Waals surface area contributed by atoms with E-state index < -0.39 is 0 Å². The molecule has 2 aromatic heterocycles. The van der Waals surface area contributed by atoms with Crippen molar-refractivity contribution in [1.82, 2.24) is 10.2 Å². The van der Waals surface area contributed by atoms with Crippen LogP contribution in [0.15, 0.2) is 22.8 Å². The summed E-state index contributed by atoms with van der Waals surface area (Å²) in [7, 11) is 0. The van der Waals surface area contributed by atoms with Gasteiger partial charge in [-0.3, -0.25) is 14.5 Å². The van der Waals surface area contributed by atoms with Gasteiger partial charge in [0, 0.05) is 17.8 Å². The molecule has 4 rings (SSSR count). The fraction of sp³-hybridized carbons (Fsp3) is 0.476. The van der Waals surface area contributed by atoms with Crippen molar-refractivity contribution in [3.05, 3.63) is 40.2 Å². The molecule has 2 N–H and O–H groups in total. The van der Waals surface area contributed by atoms with Crippen molar-refractivity contribution in [2.45, 2.75) is 51.1 Å². The lowest BCUT2D eigenvalue weighted by Crippen LogP contribution is -2.43. The molecule has 0 bridgehead atoms. The van der Waals surface area contributed by atoms with Gasteiger partial charge in [-0.15, -0.1) is 11.3 Å². The molecular formula is C21H24N4O3S. The largest absolute Gasteiger partial charge is 0.467 e. The van der Waals surface area contributed by atoms with Gasteiger partial charge in [-0.2, -0.15) is 5.26 Å². The monoisotopic (exact) mass is 412 g/mol. The Hall–Kier alpha value is -2.63. The van der Waals surface area contributed by atoms with E-state index in [9.17, 15) is 14.9 Å². The summed E-state index contributed by atoms with van der Waals surface area (Å²) >= 11 is 1.53. The predicted molar refractivity (Wildman–Crippen MR) is 109 cm³/mol. The Bertz CT molecular complexity index is 929. The third-order valence-corrected chi connectivity index (χ3v) is 6.80. The second-order valence-corrected chi connectivity index (χ2v) is 8.57. The number of carbonyl (C=O) groups is 2. The van der Waals surface area contributed by atoms with Crippen LogP contribution in [0.4, 0.5) is 5.00 Å². The van der Waals surface area contributed by atoms with E-state index in [1.165, 1.54) is 16.2 Å². The van der Waals surface area contributed by atoms with Crippen molar-refractivity contribution in [2.75, 3.05) is 18.4 Å². The Morgan fingerprint density at radius 1 is 1.34 bits per heavy atom. The van der Waals surface area contributed by atoms with E-state index in [4.69, 9.17) is 4.42 Å². The van der Waals surface area contributed by atoms with Crippen LogP contribution in [0.2, 0.25) is 0 Å². The molecule has 7 nitrogen and oxygen atoms in total. The Kier molecular flexibility index (Phi) is 5.97. The average Bonchev–Trinajstić information content (AvgIpc) is 3.49. The molecule has 8 heteroatoms. The number of hydrogen-bond donors (Lipinski definition) is 2. The third-order valence-electron chi connectivity index (χ3n) is 5.60.